The molecule has 0 bridgehead atoms. The normalized spacial score (nSPS) is 12.6. The van der Waals surface area contributed by atoms with Crippen molar-refractivity contribution in [2.45, 2.75) is 12.4 Å². The third-order valence-electron chi connectivity index (χ3n) is 2.88. The summed E-state index contributed by atoms with van der Waals surface area (Å²) in [6, 6.07) is 8.80. The highest BCUT2D eigenvalue weighted by Crippen LogP contribution is 2.31. The van der Waals surface area contributed by atoms with Gasteiger partial charge in [-0.15, -0.1) is 0 Å². The molecule has 2 aromatic carbocycles. The van der Waals surface area contributed by atoms with Crippen molar-refractivity contribution in [2.24, 2.45) is 5.10 Å². The summed E-state index contributed by atoms with van der Waals surface area (Å²) in [6.07, 6.45) is -8.01. The van der Waals surface area contributed by atoms with Crippen molar-refractivity contribution in [3.63, 3.8) is 0 Å². The number of anilines is 1. The second kappa shape index (κ2) is 6.31. The molecule has 122 valence electrons. The first-order valence-corrected chi connectivity index (χ1v) is 6.30. The van der Waals surface area contributed by atoms with Crippen LogP contribution in [0.15, 0.2) is 53.6 Å². The van der Waals surface area contributed by atoms with E-state index in [1.54, 1.807) is 0 Å². The Labute approximate surface area is 127 Å². The smallest absolute Gasteiger partial charge is 0.279 e. The van der Waals surface area contributed by atoms with Crippen LogP contribution in [0.2, 0.25) is 0 Å². The fourth-order valence-electron chi connectivity index (χ4n) is 1.78. The summed E-state index contributed by atoms with van der Waals surface area (Å²) in [5, 5.41) is 3.62. The van der Waals surface area contributed by atoms with Gasteiger partial charge in [0.15, 0.2) is 0 Å². The summed E-state index contributed by atoms with van der Waals surface area (Å²) in [5.41, 5.74) is 0.779. The Balaban J connectivity index is 2.11. The molecular weight excluding hydrogens is 322 g/mol. The maximum Gasteiger partial charge on any atom is 0.417 e. The van der Waals surface area contributed by atoms with E-state index < -0.39 is 23.5 Å². The van der Waals surface area contributed by atoms with Gasteiger partial charge in [-0.25, -0.2) is 0 Å². The van der Waals surface area contributed by atoms with Gasteiger partial charge in [0.1, 0.15) is 0 Å². The van der Waals surface area contributed by atoms with Crippen LogP contribution < -0.4 is 5.43 Å². The summed E-state index contributed by atoms with van der Waals surface area (Å²) < 4.78 is 75.5. The first-order chi connectivity index (χ1) is 10.7. The molecule has 0 heterocycles. The van der Waals surface area contributed by atoms with Gasteiger partial charge in [0.2, 0.25) is 0 Å². The average Bonchev–Trinajstić information content (AvgIpc) is 2.46. The zero-order chi connectivity index (χ0) is 17.1. The standard InChI is InChI=1S/C15H10F6N2/c16-14(17,18)11-5-7-12(8-6-11)23-22-9-10-3-1-2-4-13(10)15(19,20)21/h1-9,23H. The number of alkyl halides is 6. The summed E-state index contributed by atoms with van der Waals surface area (Å²) >= 11 is 0. The van der Waals surface area contributed by atoms with Crippen LogP contribution in [0.3, 0.4) is 0 Å². The van der Waals surface area contributed by atoms with E-state index in [4.69, 9.17) is 0 Å². The molecule has 8 heteroatoms. The van der Waals surface area contributed by atoms with Crippen molar-refractivity contribution >= 4 is 11.9 Å². The van der Waals surface area contributed by atoms with Crippen LogP contribution in [0.1, 0.15) is 16.7 Å². The molecule has 0 radical (unpaired) electrons. The zero-order valence-corrected chi connectivity index (χ0v) is 11.4. The Bertz CT molecular complexity index is 686. The van der Waals surface area contributed by atoms with E-state index in [1.165, 1.54) is 18.2 Å². The topological polar surface area (TPSA) is 24.4 Å². The van der Waals surface area contributed by atoms with Crippen LogP contribution >= 0.6 is 0 Å². The molecule has 23 heavy (non-hydrogen) atoms. The second-order valence-corrected chi connectivity index (χ2v) is 4.53. The van der Waals surface area contributed by atoms with Crippen LogP contribution in [-0.2, 0) is 12.4 Å². The fourth-order valence-corrected chi connectivity index (χ4v) is 1.78. The highest BCUT2D eigenvalue weighted by molar-refractivity contribution is 5.82. The van der Waals surface area contributed by atoms with Crippen molar-refractivity contribution < 1.29 is 26.3 Å². The molecule has 0 amide bonds. The highest BCUT2D eigenvalue weighted by atomic mass is 19.4. The van der Waals surface area contributed by atoms with Gasteiger partial charge in [0.25, 0.3) is 0 Å². The molecule has 0 saturated heterocycles. The first-order valence-electron chi connectivity index (χ1n) is 6.30. The monoisotopic (exact) mass is 332 g/mol. The molecule has 0 saturated carbocycles. The lowest BCUT2D eigenvalue weighted by molar-refractivity contribution is -0.138. The molecule has 0 aliphatic carbocycles. The fraction of sp³-hybridized carbons (Fsp3) is 0.133. The van der Waals surface area contributed by atoms with Gasteiger partial charge < -0.3 is 0 Å². The van der Waals surface area contributed by atoms with Crippen LogP contribution in [0, 0.1) is 0 Å². The predicted octanol–water partition coefficient (Wildman–Crippen LogP) is 5.17. The molecule has 0 aliphatic rings. The maximum atomic E-state index is 12.8. The molecule has 0 spiro atoms. The summed E-state index contributed by atoms with van der Waals surface area (Å²) in [7, 11) is 0. The first kappa shape index (κ1) is 16.9. The van der Waals surface area contributed by atoms with Crippen molar-refractivity contribution in [1.82, 2.24) is 0 Å². The van der Waals surface area contributed by atoms with Gasteiger partial charge >= 0.3 is 12.4 Å². The van der Waals surface area contributed by atoms with Crippen molar-refractivity contribution in [3.8, 4) is 0 Å². The number of nitrogens with zero attached hydrogens (tertiary/aromatic N) is 1. The number of benzene rings is 2. The molecule has 2 rings (SSSR count). The second-order valence-electron chi connectivity index (χ2n) is 4.53. The van der Waals surface area contributed by atoms with E-state index in [-0.39, 0.29) is 11.3 Å². The number of hydrogen-bond acceptors (Lipinski definition) is 2. The number of halogens is 6. The maximum absolute atomic E-state index is 12.8. The summed E-state index contributed by atoms with van der Waals surface area (Å²) in [4.78, 5) is 0. The van der Waals surface area contributed by atoms with Crippen LogP contribution in [0.5, 0.6) is 0 Å². The Hall–Kier alpha value is -2.51. The van der Waals surface area contributed by atoms with Gasteiger partial charge in [-0.05, 0) is 30.3 Å². The van der Waals surface area contributed by atoms with Gasteiger partial charge in [-0.1, -0.05) is 18.2 Å². The lowest BCUT2D eigenvalue weighted by Crippen LogP contribution is -2.08. The molecular formula is C15H10F6N2. The van der Waals surface area contributed by atoms with Gasteiger partial charge in [-0.3, -0.25) is 5.43 Å². The third-order valence-corrected chi connectivity index (χ3v) is 2.88. The number of rotatable bonds is 3. The minimum atomic E-state index is -4.52. The Morgan fingerprint density at radius 3 is 1.96 bits per heavy atom. The summed E-state index contributed by atoms with van der Waals surface area (Å²) in [6.45, 7) is 0. The van der Waals surface area contributed by atoms with Crippen LogP contribution in [0.4, 0.5) is 32.0 Å². The molecule has 1 N–H and O–H groups in total. The number of hydrazone groups is 1. The van der Waals surface area contributed by atoms with E-state index in [1.807, 2.05) is 0 Å². The number of nitrogens with one attached hydrogen (secondary N) is 1. The molecule has 0 aliphatic heterocycles. The van der Waals surface area contributed by atoms with E-state index in [9.17, 15) is 26.3 Å². The SMILES string of the molecule is FC(F)(F)c1ccc(NN=Cc2ccccc2C(F)(F)F)cc1. The lowest BCUT2D eigenvalue weighted by atomic mass is 10.1. The predicted molar refractivity (Wildman–Crippen MR) is 74.1 cm³/mol. The average molecular weight is 332 g/mol. The van der Waals surface area contributed by atoms with E-state index in [2.05, 4.69) is 10.5 Å². The van der Waals surface area contributed by atoms with Crippen molar-refractivity contribution in [2.75, 3.05) is 5.43 Å². The Morgan fingerprint density at radius 1 is 0.783 bits per heavy atom. The Morgan fingerprint density at radius 2 is 1.39 bits per heavy atom. The van der Waals surface area contributed by atoms with E-state index in [0.717, 1.165) is 36.5 Å². The van der Waals surface area contributed by atoms with Crippen LogP contribution in [-0.4, -0.2) is 6.21 Å². The molecule has 2 nitrogen and oxygen atoms in total. The largest absolute Gasteiger partial charge is 0.417 e. The highest BCUT2D eigenvalue weighted by Gasteiger charge is 2.32. The van der Waals surface area contributed by atoms with E-state index in [0.29, 0.717) is 0 Å². The van der Waals surface area contributed by atoms with E-state index >= 15 is 0 Å². The third kappa shape index (κ3) is 4.48. The van der Waals surface area contributed by atoms with Crippen molar-refractivity contribution in [1.29, 1.82) is 0 Å². The van der Waals surface area contributed by atoms with Gasteiger partial charge in [0, 0.05) is 5.56 Å². The van der Waals surface area contributed by atoms with Crippen molar-refractivity contribution in [3.05, 3.63) is 65.2 Å². The molecule has 0 fully saturated rings. The van der Waals surface area contributed by atoms with Gasteiger partial charge in [0.05, 0.1) is 23.0 Å². The molecule has 2 aromatic rings. The quantitative estimate of drug-likeness (QED) is 0.468. The minimum absolute atomic E-state index is 0.153. The minimum Gasteiger partial charge on any atom is -0.279 e. The van der Waals surface area contributed by atoms with Crippen LogP contribution in [0.25, 0.3) is 0 Å². The molecule has 0 atom stereocenters. The zero-order valence-electron chi connectivity index (χ0n) is 11.4. The molecule has 0 aromatic heterocycles. The lowest BCUT2D eigenvalue weighted by Gasteiger charge is -2.09. The van der Waals surface area contributed by atoms with Gasteiger partial charge in [-0.2, -0.15) is 31.4 Å². The molecule has 0 unspecified atom stereocenters. The summed E-state index contributed by atoms with van der Waals surface area (Å²) in [5.74, 6) is 0. The number of hydrogen-bond donors (Lipinski definition) is 1. The Kier molecular flexibility index (Phi) is 4.63.